The number of aliphatic imine (C=N–C) groups is 1. The van der Waals surface area contributed by atoms with E-state index in [1.807, 2.05) is 0 Å². The molecule has 62 valence electrons. The zero-order valence-electron chi connectivity index (χ0n) is 6.80. The molecular weight excluding hydrogens is 142 g/mol. The molecule has 1 rings (SSSR count). The van der Waals surface area contributed by atoms with Crippen molar-refractivity contribution >= 4 is 6.08 Å². The van der Waals surface area contributed by atoms with Gasteiger partial charge in [0.2, 0.25) is 6.08 Å². The predicted octanol–water partition coefficient (Wildman–Crippen LogP) is 1.63. The average Bonchev–Trinajstić information content (AvgIpc) is 2.07. The van der Waals surface area contributed by atoms with Gasteiger partial charge in [-0.15, -0.1) is 0 Å². The normalized spacial score (nSPS) is 22.3. The summed E-state index contributed by atoms with van der Waals surface area (Å²) >= 11 is 0. The first-order valence-electron chi connectivity index (χ1n) is 3.97. The lowest BCUT2D eigenvalue weighted by atomic mass is 9.92. The number of rotatable bonds is 2. The summed E-state index contributed by atoms with van der Waals surface area (Å²) in [6.07, 6.45) is 6.71. The Morgan fingerprint density at radius 2 is 2.00 bits per heavy atom. The number of nitrogens with zero attached hydrogens (tertiary/aromatic N) is 1. The Hall–Kier alpha value is -0.660. The topological polar surface area (TPSA) is 38.7 Å². The molecule has 1 fully saturated rings. The Kier molecular flexibility index (Phi) is 2.80. The SMILES string of the molecule is COC1(N=C=O)CCCCC1. The van der Waals surface area contributed by atoms with E-state index in [2.05, 4.69) is 4.99 Å². The van der Waals surface area contributed by atoms with E-state index in [9.17, 15) is 4.79 Å². The zero-order valence-corrected chi connectivity index (χ0v) is 6.80. The lowest BCUT2D eigenvalue weighted by Crippen LogP contribution is -2.31. The molecule has 1 aliphatic carbocycles. The summed E-state index contributed by atoms with van der Waals surface area (Å²) in [5.41, 5.74) is -0.528. The molecule has 0 radical (unpaired) electrons. The molecule has 0 amide bonds. The maximum Gasteiger partial charge on any atom is 0.237 e. The number of isocyanates is 1. The standard InChI is InChI=1S/C8H13NO2/c1-11-8(9-7-10)5-3-2-4-6-8/h2-6H2,1H3. The van der Waals surface area contributed by atoms with Gasteiger partial charge in [0.05, 0.1) is 0 Å². The third-order valence-electron chi connectivity index (χ3n) is 2.26. The van der Waals surface area contributed by atoms with Crippen LogP contribution in [0.1, 0.15) is 32.1 Å². The van der Waals surface area contributed by atoms with Crippen molar-refractivity contribution in [1.29, 1.82) is 0 Å². The fourth-order valence-electron chi connectivity index (χ4n) is 1.55. The van der Waals surface area contributed by atoms with Crippen LogP contribution in [0.15, 0.2) is 4.99 Å². The van der Waals surface area contributed by atoms with Gasteiger partial charge in [0.25, 0.3) is 0 Å². The van der Waals surface area contributed by atoms with Gasteiger partial charge in [0.1, 0.15) is 0 Å². The van der Waals surface area contributed by atoms with Gasteiger partial charge in [0, 0.05) is 7.11 Å². The van der Waals surface area contributed by atoms with Crippen molar-refractivity contribution in [3.8, 4) is 0 Å². The van der Waals surface area contributed by atoms with Gasteiger partial charge in [0.15, 0.2) is 5.72 Å². The summed E-state index contributed by atoms with van der Waals surface area (Å²) < 4.78 is 5.19. The van der Waals surface area contributed by atoms with Crippen LogP contribution in [-0.2, 0) is 9.53 Å². The maximum atomic E-state index is 10.1. The van der Waals surface area contributed by atoms with Crippen molar-refractivity contribution in [2.45, 2.75) is 37.8 Å². The first kappa shape index (κ1) is 8.44. The Morgan fingerprint density at radius 1 is 1.36 bits per heavy atom. The molecule has 11 heavy (non-hydrogen) atoms. The Balaban J connectivity index is 2.64. The van der Waals surface area contributed by atoms with Gasteiger partial charge >= 0.3 is 0 Å². The number of hydrogen-bond acceptors (Lipinski definition) is 3. The van der Waals surface area contributed by atoms with Crippen molar-refractivity contribution in [1.82, 2.24) is 0 Å². The molecule has 0 atom stereocenters. The smallest absolute Gasteiger partial charge is 0.237 e. The Bertz CT molecular complexity index is 167. The third-order valence-corrected chi connectivity index (χ3v) is 2.26. The largest absolute Gasteiger partial charge is 0.356 e. The second-order valence-corrected chi connectivity index (χ2v) is 2.91. The molecule has 1 aliphatic rings. The lowest BCUT2D eigenvalue weighted by molar-refractivity contribution is -0.0313. The number of carbonyl (C=O) groups excluding carboxylic acids is 1. The molecule has 0 N–H and O–H groups in total. The van der Waals surface area contributed by atoms with E-state index >= 15 is 0 Å². The first-order valence-corrected chi connectivity index (χ1v) is 3.97. The number of methoxy groups -OCH3 is 1. The monoisotopic (exact) mass is 155 g/mol. The highest BCUT2D eigenvalue weighted by Gasteiger charge is 2.30. The molecule has 0 heterocycles. The van der Waals surface area contributed by atoms with Crippen LogP contribution in [0.25, 0.3) is 0 Å². The molecule has 3 nitrogen and oxygen atoms in total. The van der Waals surface area contributed by atoms with Crippen LogP contribution in [0.3, 0.4) is 0 Å². The highest BCUT2D eigenvalue weighted by molar-refractivity contribution is 5.34. The Labute approximate surface area is 66.5 Å². The molecule has 0 spiro atoms. The van der Waals surface area contributed by atoms with Gasteiger partial charge < -0.3 is 4.74 Å². The van der Waals surface area contributed by atoms with Crippen LogP contribution in [0.5, 0.6) is 0 Å². The molecule has 0 bridgehead atoms. The van der Waals surface area contributed by atoms with Gasteiger partial charge in [-0.1, -0.05) is 6.42 Å². The van der Waals surface area contributed by atoms with E-state index in [1.54, 1.807) is 13.2 Å². The maximum absolute atomic E-state index is 10.1. The van der Waals surface area contributed by atoms with Crippen LogP contribution < -0.4 is 0 Å². The second kappa shape index (κ2) is 3.65. The summed E-state index contributed by atoms with van der Waals surface area (Å²) in [4.78, 5) is 13.8. The molecule has 1 saturated carbocycles. The minimum atomic E-state index is -0.528. The van der Waals surface area contributed by atoms with Gasteiger partial charge in [-0.25, -0.2) is 4.79 Å². The zero-order chi connectivity index (χ0) is 8.16. The van der Waals surface area contributed by atoms with Crippen molar-refractivity contribution in [2.24, 2.45) is 4.99 Å². The van der Waals surface area contributed by atoms with E-state index in [0.29, 0.717) is 0 Å². The van der Waals surface area contributed by atoms with Crippen LogP contribution in [0, 0.1) is 0 Å². The molecule has 0 aliphatic heterocycles. The minimum absolute atomic E-state index is 0.528. The summed E-state index contributed by atoms with van der Waals surface area (Å²) in [6.45, 7) is 0. The van der Waals surface area contributed by atoms with E-state index in [4.69, 9.17) is 4.74 Å². The third kappa shape index (κ3) is 1.88. The van der Waals surface area contributed by atoms with Crippen molar-refractivity contribution in [3.05, 3.63) is 0 Å². The summed E-state index contributed by atoms with van der Waals surface area (Å²) in [6, 6.07) is 0. The highest BCUT2D eigenvalue weighted by Crippen LogP contribution is 2.31. The Morgan fingerprint density at radius 3 is 2.45 bits per heavy atom. The first-order chi connectivity index (χ1) is 5.33. The molecular formula is C8H13NO2. The molecule has 0 saturated heterocycles. The van der Waals surface area contributed by atoms with E-state index in [-0.39, 0.29) is 0 Å². The summed E-state index contributed by atoms with van der Waals surface area (Å²) in [5, 5.41) is 0. The highest BCUT2D eigenvalue weighted by atomic mass is 16.5. The van der Waals surface area contributed by atoms with Crippen molar-refractivity contribution < 1.29 is 9.53 Å². The van der Waals surface area contributed by atoms with E-state index in [1.165, 1.54) is 6.42 Å². The van der Waals surface area contributed by atoms with E-state index in [0.717, 1.165) is 25.7 Å². The quantitative estimate of drug-likeness (QED) is 0.449. The van der Waals surface area contributed by atoms with Crippen molar-refractivity contribution in [2.75, 3.05) is 7.11 Å². The minimum Gasteiger partial charge on any atom is -0.356 e. The molecule has 3 heteroatoms. The van der Waals surface area contributed by atoms with Crippen molar-refractivity contribution in [3.63, 3.8) is 0 Å². The number of hydrogen-bond donors (Lipinski definition) is 0. The molecule has 0 aromatic carbocycles. The van der Waals surface area contributed by atoms with E-state index < -0.39 is 5.72 Å². The molecule has 0 aromatic heterocycles. The van der Waals surface area contributed by atoms with Crippen LogP contribution in [-0.4, -0.2) is 18.9 Å². The second-order valence-electron chi connectivity index (χ2n) is 2.91. The van der Waals surface area contributed by atoms with Gasteiger partial charge in [-0.3, -0.25) is 0 Å². The fourth-order valence-corrected chi connectivity index (χ4v) is 1.55. The molecule has 0 unspecified atom stereocenters. The molecule has 0 aromatic rings. The summed E-state index contributed by atoms with van der Waals surface area (Å²) in [7, 11) is 1.60. The van der Waals surface area contributed by atoms with Crippen LogP contribution >= 0.6 is 0 Å². The summed E-state index contributed by atoms with van der Waals surface area (Å²) in [5.74, 6) is 0. The average molecular weight is 155 g/mol. The lowest BCUT2D eigenvalue weighted by Gasteiger charge is -2.30. The van der Waals surface area contributed by atoms with Gasteiger partial charge in [-0.2, -0.15) is 4.99 Å². The number of ether oxygens (including phenoxy) is 1. The van der Waals surface area contributed by atoms with Gasteiger partial charge in [-0.05, 0) is 25.7 Å². The van der Waals surface area contributed by atoms with Crippen LogP contribution in [0.2, 0.25) is 0 Å². The predicted molar refractivity (Wildman–Crippen MR) is 40.9 cm³/mol. The fraction of sp³-hybridized carbons (Fsp3) is 0.875. The van der Waals surface area contributed by atoms with Crippen LogP contribution in [0.4, 0.5) is 0 Å².